The predicted octanol–water partition coefficient (Wildman–Crippen LogP) is 1.18. The summed E-state index contributed by atoms with van der Waals surface area (Å²) < 4.78 is 11.0. The molecule has 3 N–H and O–H groups in total. The van der Waals surface area contributed by atoms with Crippen LogP contribution in [0.15, 0.2) is 12.1 Å². The van der Waals surface area contributed by atoms with E-state index >= 15 is 0 Å². The molecule has 0 aromatic heterocycles. The van der Waals surface area contributed by atoms with E-state index < -0.39 is 0 Å². The molecule has 1 atom stereocenters. The number of benzene rings is 1. The molecule has 0 radical (unpaired) electrons. The first-order valence-electron chi connectivity index (χ1n) is 5.84. The van der Waals surface area contributed by atoms with Crippen LogP contribution in [0, 0.1) is 0 Å². The van der Waals surface area contributed by atoms with Gasteiger partial charge in [-0.1, -0.05) is 11.6 Å². The van der Waals surface area contributed by atoms with Crippen molar-refractivity contribution in [2.75, 3.05) is 33.9 Å². The average molecular weight is 272 g/mol. The summed E-state index contributed by atoms with van der Waals surface area (Å²) in [5.74, 6) is 1.30. The topological polar surface area (TPSA) is 59.8 Å². The first-order chi connectivity index (χ1) is 8.61. The second-order valence-electron chi connectivity index (χ2n) is 4.34. The van der Waals surface area contributed by atoms with Gasteiger partial charge < -0.3 is 15.2 Å². The Morgan fingerprint density at radius 2 is 2.11 bits per heavy atom. The van der Waals surface area contributed by atoms with Gasteiger partial charge in [0.2, 0.25) is 0 Å². The number of nitrogens with one attached hydrogen (secondary N) is 1. The fourth-order valence-electron chi connectivity index (χ4n) is 1.91. The van der Waals surface area contributed by atoms with Crippen LogP contribution in [-0.2, 0) is 0 Å². The van der Waals surface area contributed by atoms with Crippen molar-refractivity contribution in [3.8, 4) is 11.5 Å². The molecule has 6 heteroatoms. The Bertz CT molecular complexity index is 426. The number of hydrogen-bond acceptors (Lipinski definition) is 5. The van der Waals surface area contributed by atoms with Gasteiger partial charge in [0.25, 0.3) is 0 Å². The number of nitrogens with zero attached hydrogens (tertiary/aromatic N) is 1. The van der Waals surface area contributed by atoms with Gasteiger partial charge in [-0.3, -0.25) is 0 Å². The van der Waals surface area contributed by atoms with Crippen LogP contribution < -0.4 is 20.6 Å². The molecular weight excluding hydrogens is 254 g/mol. The van der Waals surface area contributed by atoms with Gasteiger partial charge in [0.05, 0.1) is 11.1 Å². The molecule has 1 aromatic carbocycles. The number of hydrogen-bond donors (Lipinski definition) is 2. The molecular formula is C12H18ClN3O2. The number of ether oxygens (including phenoxy) is 2. The van der Waals surface area contributed by atoms with E-state index in [1.165, 1.54) is 0 Å². The zero-order valence-corrected chi connectivity index (χ0v) is 11.3. The minimum Gasteiger partial charge on any atom is -0.486 e. The zero-order chi connectivity index (χ0) is 13.1. The van der Waals surface area contributed by atoms with Crippen molar-refractivity contribution in [2.24, 2.45) is 5.73 Å². The Hall–Kier alpha value is -1.01. The van der Waals surface area contributed by atoms with Gasteiger partial charge in [0.1, 0.15) is 13.2 Å². The first-order valence-corrected chi connectivity index (χ1v) is 6.22. The van der Waals surface area contributed by atoms with Crippen LogP contribution in [-0.4, -0.2) is 38.9 Å². The van der Waals surface area contributed by atoms with E-state index in [4.69, 9.17) is 26.8 Å². The lowest BCUT2D eigenvalue weighted by molar-refractivity contribution is 0.171. The van der Waals surface area contributed by atoms with Crippen molar-refractivity contribution in [1.29, 1.82) is 0 Å². The monoisotopic (exact) mass is 271 g/mol. The maximum absolute atomic E-state index is 6.20. The Kier molecular flexibility index (Phi) is 4.29. The van der Waals surface area contributed by atoms with Crippen LogP contribution in [0.1, 0.15) is 11.6 Å². The Labute approximate surface area is 112 Å². The number of fused-ring (bicyclic) bond motifs is 1. The van der Waals surface area contributed by atoms with Crippen molar-refractivity contribution in [3.63, 3.8) is 0 Å². The lowest BCUT2D eigenvalue weighted by Crippen LogP contribution is -2.38. The summed E-state index contributed by atoms with van der Waals surface area (Å²) >= 11 is 6.20. The van der Waals surface area contributed by atoms with Gasteiger partial charge in [-0.05, 0) is 17.7 Å². The van der Waals surface area contributed by atoms with Gasteiger partial charge in [0.15, 0.2) is 11.5 Å². The molecule has 100 valence electrons. The number of halogens is 1. The normalized spacial score (nSPS) is 15.8. The van der Waals surface area contributed by atoms with Crippen LogP contribution in [0.2, 0.25) is 5.02 Å². The van der Waals surface area contributed by atoms with Crippen molar-refractivity contribution < 1.29 is 9.47 Å². The third-order valence-electron chi connectivity index (χ3n) is 2.67. The highest BCUT2D eigenvalue weighted by Gasteiger charge is 2.20. The summed E-state index contributed by atoms with van der Waals surface area (Å²) in [5.41, 5.74) is 9.99. The minimum absolute atomic E-state index is 0.00618. The summed E-state index contributed by atoms with van der Waals surface area (Å²) in [6, 6.07) is 3.78. The summed E-state index contributed by atoms with van der Waals surface area (Å²) in [7, 11) is 3.84. The van der Waals surface area contributed by atoms with Crippen LogP contribution >= 0.6 is 11.6 Å². The molecule has 0 saturated carbocycles. The fourth-order valence-corrected chi connectivity index (χ4v) is 2.18. The Morgan fingerprint density at radius 3 is 2.78 bits per heavy atom. The Morgan fingerprint density at radius 1 is 1.39 bits per heavy atom. The van der Waals surface area contributed by atoms with Gasteiger partial charge >= 0.3 is 0 Å². The summed E-state index contributed by atoms with van der Waals surface area (Å²) in [6.07, 6.45) is 0. The molecule has 5 nitrogen and oxygen atoms in total. The molecule has 1 heterocycles. The van der Waals surface area contributed by atoms with Gasteiger partial charge in [0, 0.05) is 20.6 Å². The molecule has 1 aromatic rings. The Balaban J connectivity index is 2.30. The lowest BCUT2D eigenvalue weighted by Gasteiger charge is -2.25. The minimum atomic E-state index is -0.00618. The maximum atomic E-state index is 6.20. The molecule has 0 aliphatic carbocycles. The molecule has 1 aliphatic rings. The van der Waals surface area contributed by atoms with Gasteiger partial charge in [-0.15, -0.1) is 0 Å². The number of rotatable bonds is 4. The van der Waals surface area contributed by atoms with E-state index in [2.05, 4.69) is 5.43 Å². The molecule has 1 unspecified atom stereocenters. The summed E-state index contributed by atoms with van der Waals surface area (Å²) in [6.45, 7) is 1.54. The van der Waals surface area contributed by atoms with E-state index in [0.29, 0.717) is 36.3 Å². The highest BCUT2D eigenvalue weighted by Crippen LogP contribution is 2.39. The third kappa shape index (κ3) is 2.87. The van der Waals surface area contributed by atoms with Crippen LogP contribution in [0.5, 0.6) is 11.5 Å². The smallest absolute Gasteiger partial charge is 0.179 e. The molecule has 0 saturated heterocycles. The molecule has 0 spiro atoms. The molecule has 0 fully saturated rings. The SMILES string of the molecule is CN(C)NC(CN)c1cc(Cl)c2c(c1)OCCO2. The van der Waals surface area contributed by atoms with Crippen molar-refractivity contribution in [3.05, 3.63) is 22.7 Å². The molecule has 0 bridgehead atoms. The fraction of sp³-hybridized carbons (Fsp3) is 0.500. The van der Waals surface area contributed by atoms with E-state index in [1.807, 2.05) is 31.2 Å². The molecule has 0 amide bonds. The van der Waals surface area contributed by atoms with Gasteiger partial charge in [-0.2, -0.15) is 0 Å². The lowest BCUT2D eigenvalue weighted by atomic mass is 10.1. The van der Waals surface area contributed by atoms with Crippen molar-refractivity contribution >= 4 is 11.6 Å². The first kappa shape index (κ1) is 13.4. The van der Waals surface area contributed by atoms with Crippen LogP contribution in [0.3, 0.4) is 0 Å². The quantitative estimate of drug-likeness (QED) is 0.806. The van der Waals surface area contributed by atoms with Crippen molar-refractivity contribution in [2.45, 2.75) is 6.04 Å². The van der Waals surface area contributed by atoms with E-state index in [9.17, 15) is 0 Å². The molecule has 2 rings (SSSR count). The van der Waals surface area contributed by atoms with E-state index in [-0.39, 0.29) is 6.04 Å². The average Bonchev–Trinajstić information content (AvgIpc) is 2.35. The standard InChI is InChI=1S/C12H18ClN3O2/c1-16(2)15-10(7-14)8-5-9(13)12-11(6-8)17-3-4-18-12/h5-6,10,15H,3-4,7,14H2,1-2H3. The van der Waals surface area contributed by atoms with Crippen LogP contribution in [0.4, 0.5) is 0 Å². The molecule has 18 heavy (non-hydrogen) atoms. The third-order valence-corrected chi connectivity index (χ3v) is 2.95. The second-order valence-corrected chi connectivity index (χ2v) is 4.75. The van der Waals surface area contributed by atoms with Crippen molar-refractivity contribution in [1.82, 2.24) is 10.4 Å². The summed E-state index contributed by atoms with van der Waals surface area (Å²) in [5, 5.41) is 2.42. The summed E-state index contributed by atoms with van der Waals surface area (Å²) in [4.78, 5) is 0. The highest BCUT2D eigenvalue weighted by atomic mass is 35.5. The van der Waals surface area contributed by atoms with E-state index in [1.54, 1.807) is 0 Å². The predicted molar refractivity (Wildman–Crippen MR) is 71.1 cm³/mol. The van der Waals surface area contributed by atoms with Crippen LogP contribution in [0.25, 0.3) is 0 Å². The number of nitrogens with two attached hydrogens (primary N) is 1. The zero-order valence-electron chi connectivity index (χ0n) is 10.6. The van der Waals surface area contributed by atoms with E-state index in [0.717, 1.165) is 5.56 Å². The maximum Gasteiger partial charge on any atom is 0.179 e. The highest BCUT2D eigenvalue weighted by molar-refractivity contribution is 6.32. The second kappa shape index (κ2) is 5.75. The molecule has 1 aliphatic heterocycles. The van der Waals surface area contributed by atoms with Gasteiger partial charge in [-0.25, -0.2) is 10.4 Å². The largest absolute Gasteiger partial charge is 0.486 e. The number of hydrazine groups is 1.